The van der Waals surface area contributed by atoms with Gasteiger partial charge in [-0.1, -0.05) is 6.42 Å². The Labute approximate surface area is 83.9 Å². The van der Waals surface area contributed by atoms with Crippen molar-refractivity contribution in [2.24, 2.45) is 5.92 Å². The summed E-state index contributed by atoms with van der Waals surface area (Å²) < 4.78 is 0. The van der Waals surface area contributed by atoms with Crippen molar-refractivity contribution >= 4 is 11.5 Å². The molecule has 1 fully saturated rings. The van der Waals surface area contributed by atoms with Gasteiger partial charge in [-0.25, -0.2) is 9.97 Å². The molecule has 14 heavy (non-hydrogen) atoms. The Morgan fingerprint density at radius 1 is 1.57 bits per heavy atom. The molecule has 1 atom stereocenters. The van der Waals surface area contributed by atoms with E-state index in [9.17, 15) is 0 Å². The minimum absolute atomic E-state index is 0.459. The molecule has 1 aliphatic rings. The highest BCUT2D eigenvalue weighted by molar-refractivity contribution is 5.59. The van der Waals surface area contributed by atoms with Gasteiger partial charge >= 0.3 is 0 Å². The van der Waals surface area contributed by atoms with Crippen LogP contribution in [0, 0.1) is 5.92 Å². The van der Waals surface area contributed by atoms with E-state index in [2.05, 4.69) is 22.2 Å². The number of aromatic nitrogens is 2. The van der Waals surface area contributed by atoms with Crippen molar-refractivity contribution in [3.05, 3.63) is 12.5 Å². The molecular formula is C10H16N4. The third-order valence-electron chi connectivity index (χ3n) is 2.96. The van der Waals surface area contributed by atoms with E-state index >= 15 is 0 Å². The van der Waals surface area contributed by atoms with Crippen molar-refractivity contribution < 1.29 is 0 Å². The number of nitrogens with two attached hydrogens (primary N) is 1. The molecule has 0 spiro atoms. The lowest BCUT2D eigenvalue weighted by Gasteiger charge is -2.32. The molecule has 1 saturated carbocycles. The Bertz CT molecular complexity index is 309. The second-order valence-electron chi connectivity index (χ2n) is 3.95. The molecule has 1 aromatic heterocycles. The second kappa shape index (κ2) is 3.82. The fraction of sp³-hybridized carbons (Fsp3) is 0.600. The minimum Gasteiger partial charge on any atom is -0.394 e. The summed E-state index contributed by atoms with van der Waals surface area (Å²) in [6, 6.07) is 0.459. The van der Waals surface area contributed by atoms with Crippen LogP contribution >= 0.6 is 0 Å². The Morgan fingerprint density at radius 3 is 2.93 bits per heavy atom. The molecule has 1 heterocycles. The van der Waals surface area contributed by atoms with E-state index in [4.69, 9.17) is 5.73 Å². The van der Waals surface area contributed by atoms with Gasteiger partial charge in [0.05, 0.1) is 11.9 Å². The number of nitrogens with one attached hydrogen (secondary N) is 1. The third-order valence-corrected chi connectivity index (χ3v) is 2.96. The molecule has 2 rings (SSSR count). The summed E-state index contributed by atoms with van der Waals surface area (Å²) in [6.45, 7) is 2.19. The number of nitrogens with zero attached hydrogens (tertiary/aromatic N) is 2. The van der Waals surface area contributed by atoms with Gasteiger partial charge in [-0.15, -0.1) is 0 Å². The highest BCUT2D eigenvalue weighted by Gasteiger charge is 2.24. The van der Waals surface area contributed by atoms with Crippen LogP contribution in [-0.4, -0.2) is 16.0 Å². The van der Waals surface area contributed by atoms with Gasteiger partial charge in [0.25, 0.3) is 0 Å². The number of hydrogen-bond acceptors (Lipinski definition) is 4. The maximum absolute atomic E-state index is 5.74. The first-order valence-electron chi connectivity index (χ1n) is 5.09. The molecule has 1 aromatic rings. The van der Waals surface area contributed by atoms with E-state index in [0.29, 0.717) is 11.7 Å². The van der Waals surface area contributed by atoms with Crippen LogP contribution in [0.4, 0.5) is 11.5 Å². The van der Waals surface area contributed by atoms with Crippen LogP contribution in [0.1, 0.15) is 26.2 Å². The van der Waals surface area contributed by atoms with Gasteiger partial charge in [-0.3, -0.25) is 0 Å². The summed E-state index contributed by atoms with van der Waals surface area (Å²) >= 11 is 0. The van der Waals surface area contributed by atoms with Gasteiger partial charge in [-0.2, -0.15) is 0 Å². The molecule has 0 amide bonds. The monoisotopic (exact) mass is 192 g/mol. The summed E-state index contributed by atoms with van der Waals surface area (Å²) in [6.07, 6.45) is 7.14. The fourth-order valence-electron chi connectivity index (χ4n) is 1.73. The average molecular weight is 192 g/mol. The van der Waals surface area contributed by atoms with Crippen molar-refractivity contribution in [2.75, 3.05) is 11.1 Å². The van der Waals surface area contributed by atoms with Crippen LogP contribution in [0.15, 0.2) is 12.5 Å². The normalized spacial score (nSPS) is 18.6. The molecule has 0 saturated heterocycles. The number of rotatable bonds is 3. The summed E-state index contributed by atoms with van der Waals surface area (Å²) in [4.78, 5) is 7.97. The molecule has 0 bridgehead atoms. The zero-order valence-corrected chi connectivity index (χ0v) is 8.40. The first-order valence-corrected chi connectivity index (χ1v) is 5.09. The highest BCUT2D eigenvalue weighted by atomic mass is 15.1. The Balaban J connectivity index is 1.99. The van der Waals surface area contributed by atoms with Gasteiger partial charge < -0.3 is 11.1 Å². The standard InChI is InChI=1S/C10H16N4/c1-7(8-3-2-4-8)14-10-9(11)5-12-6-13-10/h5-8H,2-4,11H2,1H3,(H,12,13,14). The molecule has 1 aliphatic carbocycles. The molecule has 76 valence electrons. The summed E-state index contributed by atoms with van der Waals surface area (Å²) in [7, 11) is 0. The average Bonchev–Trinajstić information content (AvgIpc) is 2.05. The Hall–Kier alpha value is -1.32. The second-order valence-corrected chi connectivity index (χ2v) is 3.95. The molecule has 0 aromatic carbocycles. The van der Waals surface area contributed by atoms with Gasteiger partial charge in [0, 0.05) is 6.04 Å². The third kappa shape index (κ3) is 1.78. The molecule has 1 unspecified atom stereocenters. The van der Waals surface area contributed by atoms with Gasteiger partial charge in [0.2, 0.25) is 0 Å². The lowest BCUT2D eigenvalue weighted by Crippen LogP contribution is -2.31. The molecule has 4 nitrogen and oxygen atoms in total. The zero-order valence-electron chi connectivity index (χ0n) is 8.40. The summed E-state index contributed by atoms with van der Waals surface area (Å²) in [5.74, 6) is 1.55. The van der Waals surface area contributed by atoms with Crippen molar-refractivity contribution in [2.45, 2.75) is 32.2 Å². The Morgan fingerprint density at radius 2 is 2.36 bits per heavy atom. The van der Waals surface area contributed by atoms with Gasteiger partial charge in [0.15, 0.2) is 5.82 Å². The smallest absolute Gasteiger partial charge is 0.152 e. The van der Waals surface area contributed by atoms with Crippen molar-refractivity contribution in [3.63, 3.8) is 0 Å². The highest BCUT2D eigenvalue weighted by Crippen LogP contribution is 2.31. The molecule has 0 aliphatic heterocycles. The lowest BCUT2D eigenvalue weighted by atomic mass is 9.80. The molecule has 3 N–H and O–H groups in total. The van der Waals surface area contributed by atoms with Crippen LogP contribution in [0.25, 0.3) is 0 Å². The van der Waals surface area contributed by atoms with E-state index in [0.717, 1.165) is 11.7 Å². The predicted molar refractivity (Wildman–Crippen MR) is 56.9 cm³/mol. The minimum atomic E-state index is 0.459. The van der Waals surface area contributed by atoms with E-state index in [1.807, 2.05) is 0 Å². The van der Waals surface area contributed by atoms with E-state index < -0.39 is 0 Å². The Kier molecular flexibility index (Phi) is 2.52. The summed E-state index contributed by atoms with van der Waals surface area (Å²) in [5.41, 5.74) is 6.36. The first kappa shape index (κ1) is 9.24. The van der Waals surface area contributed by atoms with Crippen LogP contribution in [0.3, 0.4) is 0 Å². The van der Waals surface area contributed by atoms with Crippen LogP contribution in [0.5, 0.6) is 0 Å². The van der Waals surface area contributed by atoms with Gasteiger partial charge in [-0.05, 0) is 25.7 Å². The molecular weight excluding hydrogens is 176 g/mol. The molecule has 4 heteroatoms. The van der Waals surface area contributed by atoms with Crippen LogP contribution in [-0.2, 0) is 0 Å². The first-order chi connectivity index (χ1) is 6.77. The maximum Gasteiger partial charge on any atom is 0.152 e. The van der Waals surface area contributed by atoms with Crippen molar-refractivity contribution in [3.8, 4) is 0 Å². The number of hydrogen-bond donors (Lipinski definition) is 2. The van der Waals surface area contributed by atoms with Crippen molar-refractivity contribution in [1.29, 1.82) is 0 Å². The number of nitrogen functional groups attached to an aromatic ring is 1. The van der Waals surface area contributed by atoms with E-state index in [1.165, 1.54) is 25.6 Å². The SMILES string of the molecule is CC(Nc1ncncc1N)C1CCC1. The summed E-state index contributed by atoms with van der Waals surface area (Å²) in [5, 5.41) is 3.34. The fourth-order valence-corrected chi connectivity index (χ4v) is 1.73. The molecule has 0 radical (unpaired) electrons. The van der Waals surface area contributed by atoms with E-state index in [1.54, 1.807) is 6.20 Å². The lowest BCUT2D eigenvalue weighted by molar-refractivity contribution is 0.285. The predicted octanol–water partition coefficient (Wildman–Crippen LogP) is 1.66. The maximum atomic E-state index is 5.74. The van der Waals surface area contributed by atoms with Crippen molar-refractivity contribution in [1.82, 2.24) is 9.97 Å². The van der Waals surface area contributed by atoms with Crippen LogP contribution < -0.4 is 11.1 Å². The topological polar surface area (TPSA) is 63.8 Å². The zero-order chi connectivity index (χ0) is 9.97. The van der Waals surface area contributed by atoms with E-state index in [-0.39, 0.29) is 0 Å². The quantitative estimate of drug-likeness (QED) is 0.764. The number of anilines is 2. The van der Waals surface area contributed by atoms with Crippen LogP contribution in [0.2, 0.25) is 0 Å². The largest absolute Gasteiger partial charge is 0.394 e. The van der Waals surface area contributed by atoms with Gasteiger partial charge in [0.1, 0.15) is 6.33 Å².